The molecule has 0 saturated carbocycles. The van der Waals surface area contributed by atoms with E-state index in [1.807, 2.05) is 6.92 Å². The summed E-state index contributed by atoms with van der Waals surface area (Å²) < 4.78 is 4.69. The summed E-state index contributed by atoms with van der Waals surface area (Å²) in [7, 11) is 1.27. The molecule has 0 spiro atoms. The van der Waals surface area contributed by atoms with E-state index in [1.165, 1.54) is 7.11 Å². The van der Waals surface area contributed by atoms with Crippen molar-refractivity contribution >= 4 is 23.5 Å². The maximum Gasteiger partial charge on any atom is 0.339 e. The van der Waals surface area contributed by atoms with Gasteiger partial charge in [0.1, 0.15) is 5.41 Å². The van der Waals surface area contributed by atoms with Crippen molar-refractivity contribution in [2.45, 2.75) is 33.6 Å². The molecular formula is C17H24N2O4. The Morgan fingerprint density at radius 3 is 2.39 bits per heavy atom. The van der Waals surface area contributed by atoms with E-state index in [1.54, 1.807) is 38.1 Å². The van der Waals surface area contributed by atoms with Gasteiger partial charge in [0, 0.05) is 6.54 Å². The maximum atomic E-state index is 12.4. The Labute approximate surface area is 136 Å². The van der Waals surface area contributed by atoms with Crippen molar-refractivity contribution in [3.8, 4) is 0 Å². The van der Waals surface area contributed by atoms with E-state index in [9.17, 15) is 14.4 Å². The molecule has 0 saturated heterocycles. The number of carbonyl (C=O) groups excluding carboxylic acids is 3. The number of rotatable bonds is 7. The molecule has 0 aliphatic carbocycles. The first-order chi connectivity index (χ1) is 10.8. The number of unbranched alkanes of at least 4 members (excludes halogenated alkanes) is 1. The van der Waals surface area contributed by atoms with Crippen LogP contribution in [0.1, 0.15) is 44.0 Å². The highest BCUT2D eigenvalue weighted by molar-refractivity contribution is 6.11. The van der Waals surface area contributed by atoms with E-state index in [2.05, 4.69) is 15.4 Å². The van der Waals surface area contributed by atoms with Crippen molar-refractivity contribution in [3.63, 3.8) is 0 Å². The van der Waals surface area contributed by atoms with Crippen LogP contribution in [-0.2, 0) is 14.3 Å². The summed E-state index contributed by atoms with van der Waals surface area (Å²) in [6.07, 6.45) is 1.81. The molecule has 0 aliphatic rings. The Morgan fingerprint density at radius 1 is 1.13 bits per heavy atom. The summed E-state index contributed by atoms with van der Waals surface area (Å²) in [6, 6.07) is 6.51. The lowest BCUT2D eigenvalue weighted by atomic mass is 9.90. The van der Waals surface area contributed by atoms with Gasteiger partial charge in [0.25, 0.3) is 0 Å². The van der Waals surface area contributed by atoms with Crippen molar-refractivity contribution in [2.75, 3.05) is 19.0 Å². The highest BCUT2D eigenvalue weighted by atomic mass is 16.5. The number of ether oxygens (including phenoxy) is 1. The summed E-state index contributed by atoms with van der Waals surface area (Å²) in [6.45, 7) is 5.65. The normalized spacial score (nSPS) is 10.8. The molecule has 2 N–H and O–H groups in total. The largest absolute Gasteiger partial charge is 0.465 e. The third-order valence-electron chi connectivity index (χ3n) is 3.53. The zero-order valence-corrected chi connectivity index (χ0v) is 14.1. The van der Waals surface area contributed by atoms with Gasteiger partial charge in [-0.1, -0.05) is 25.5 Å². The highest BCUT2D eigenvalue weighted by Gasteiger charge is 2.36. The Kier molecular flexibility index (Phi) is 6.75. The molecule has 1 aromatic rings. The molecule has 0 aromatic heterocycles. The smallest absolute Gasteiger partial charge is 0.339 e. The molecule has 6 heteroatoms. The van der Waals surface area contributed by atoms with Crippen LogP contribution in [0, 0.1) is 5.41 Å². The lowest BCUT2D eigenvalue weighted by Crippen LogP contribution is -2.45. The van der Waals surface area contributed by atoms with Crippen molar-refractivity contribution in [1.82, 2.24) is 5.32 Å². The summed E-state index contributed by atoms with van der Waals surface area (Å²) in [4.78, 5) is 36.4. The van der Waals surface area contributed by atoms with Crippen LogP contribution in [0.5, 0.6) is 0 Å². The molecule has 0 atom stereocenters. The average Bonchev–Trinajstić information content (AvgIpc) is 2.54. The third-order valence-corrected chi connectivity index (χ3v) is 3.53. The molecule has 1 aromatic carbocycles. The van der Waals surface area contributed by atoms with E-state index in [-0.39, 0.29) is 11.5 Å². The number of hydrogen-bond acceptors (Lipinski definition) is 4. The molecule has 0 radical (unpaired) electrons. The lowest BCUT2D eigenvalue weighted by Gasteiger charge is -2.23. The van der Waals surface area contributed by atoms with Crippen LogP contribution in [0.3, 0.4) is 0 Å². The van der Waals surface area contributed by atoms with Gasteiger partial charge in [0.15, 0.2) is 0 Å². The van der Waals surface area contributed by atoms with Gasteiger partial charge in [-0.2, -0.15) is 0 Å². The van der Waals surface area contributed by atoms with Crippen molar-refractivity contribution in [3.05, 3.63) is 29.8 Å². The zero-order valence-electron chi connectivity index (χ0n) is 14.1. The van der Waals surface area contributed by atoms with Gasteiger partial charge in [-0.05, 0) is 32.4 Å². The minimum absolute atomic E-state index is 0.241. The molecular weight excluding hydrogens is 296 g/mol. The minimum Gasteiger partial charge on any atom is -0.465 e. The highest BCUT2D eigenvalue weighted by Crippen LogP contribution is 2.22. The third kappa shape index (κ3) is 4.81. The number of anilines is 1. The summed E-state index contributed by atoms with van der Waals surface area (Å²) >= 11 is 0. The maximum absolute atomic E-state index is 12.4. The Morgan fingerprint density at radius 2 is 1.78 bits per heavy atom. The first-order valence-corrected chi connectivity index (χ1v) is 7.61. The first-order valence-electron chi connectivity index (χ1n) is 7.61. The van der Waals surface area contributed by atoms with Crippen LogP contribution in [0.2, 0.25) is 0 Å². The Hall–Kier alpha value is -2.37. The molecule has 0 heterocycles. The van der Waals surface area contributed by atoms with E-state index in [0.717, 1.165) is 12.8 Å². The molecule has 0 unspecified atom stereocenters. The number of esters is 1. The minimum atomic E-state index is -1.25. The number of amides is 2. The van der Waals surface area contributed by atoms with Crippen molar-refractivity contribution in [2.24, 2.45) is 5.41 Å². The van der Waals surface area contributed by atoms with Crippen molar-refractivity contribution in [1.29, 1.82) is 0 Å². The van der Waals surface area contributed by atoms with Crippen LogP contribution >= 0.6 is 0 Å². The topological polar surface area (TPSA) is 84.5 Å². The number of carbonyl (C=O) groups is 3. The Balaban J connectivity index is 2.86. The van der Waals surface area contributed by atoms with E-state index >= 15 is 0 Å². The molecule has 126 valence electrons. The summed E-state index contributed by atoms with van der Waals surface area (Å²) in [5.74, 6) is -1.38. The van der Waals surface area contributed by atoms with Gasteiger partial charge in [0.05, 0.1) is 18.4 Å². The van der Waals surface area contributed by atoms with Crippen LogP contribution in [0.4, 0.5) is 5.69 Å². The number of para-hydroxylation sites is 1. The predicted molar refractivity (Wildman–Crippen MR) is 88.1 cm³/mol. The molecule has 1 rings (SSSR count). The molecule has 0 aliphatic heterocycles. The fourth-order valence-electron chi connectivity index (χ4n) is 1.86. The fraction of sp³-hybridized carbons (Fsp3) is 0.471. The number of benzene rings is 1. The fourth-order valence-corrected chi connectivity index (χ4v) is 1.86. The van der Waals surface area contributed by atoms with Gasteiger partial charge in [-0.3, -0.25) is 9.59 Å². The van der Waals surface area contributed by atoms with E-state index in [4.69, 9.17) is 0 Å². The second kappa shape index (κ2) is 8.31. The SMILES string of the molecule is CCCCNC(=O)C(C)(C)C(=O)Nc1ccccc1C(=O)OC. The van der Waals surface area contributed by atoms with Gasteiger partial charge in [0.2, 0.25) is 11.8 Å². The first kappa shape index (κ1) is 18.7. The van der Waals surface area contributed by atoms with E-state index in [0.29, 0.717) is 12.2 Å². The van der Waals surface area contributed by atoms with Crippen LogP contribution < -0.4 is 10.6 Å². The van der Waals surface area contributed by atoms with E-state index < -0.39 is 17.3 Å². The van der Waals surface area contributed by atoms with Crippen LogP contribution in [0.15, 0.2) is 24.3 Å². The second-order valence-electron chi connectivity index (χ2n) is 5.73. The molecule has 2 amide bonds. The number of methoxy groups -OCH3 is 1. The van der Waals surface area contributed by atoms with Gasteiger partial charge < -0.3 is 15.4 Å². The average molecular weight is 320 g/mol. The van der Waals surface area contributed by atoms with Gasteiger partial charge in [-0.15, -0.1) is 0 Å². The molecule has 23 heavy (non-hydrogen) atoms. The van der Waals surface area contributed by atoms with Crippen LogP contribution in [-0.4, -0.2) is 31.4 Å². The summed E-state index contributed by atoms with van der Waals surface area (Å²) in [5, 5.41) is 5.38. The quantitative estimate of drug-likeness (QED) is 0.459. The zero-order chi connectivity index (χ0) is 17.5. The van der Waals surface area contributed by atoms with Gasteiger partial charge in [-0.25, -0.2) is 4.79 Å². The van der Waals surface area contributed by atoms with Crippen LogP contribution in [0.25, 0.3) is 0 Å². The standard InChI is InChI=1S/C17H24N2O4/c1-5-6-11-18-15(21)17(2,3)16(22)19-13-10-8-7-9-12(13)14(20)23-4/h7-10H,5-6,11H2,1-4H3,(H,18,21)(H,19,22). The van der Waals surface area contributed by atoms with Gasteiger partial charge >= 0.3 is 5.97 Å². The van der Waals surface area contributed by atoms with Crippen molar-refractivity contribution < 1.29 is 19.1 Å². The number of nitrogens with one attached hydrogen (secondary N) is 2. The number of hydrogen-bond donors (Lipinski definition) is 2. The molecule has 0 fully saturated rings. The molecule has 0 bridgehead atoms. The molecule has 6 nitrogen and oxygen atoms in total. The lowest BCUT2D eigenvalue weighted by molar-refractivity contribution is -0.138. The predicted octanol–water partition coefficient (Wildman–Crippen LogP) is 2.35. The second-order valence-corrected chi connectivity index (χ2v) is 5.73. The summed E-state index contributed by atoms with van der Waals surface area (Å²) in [5.41, 5.74) is -0.693. The Bertz CT molecular complexity index is 582. The monoisotopic (exact) mass is 320 g/mol.